The lowest BCUT2D eigenvalue weighted by atomic mass is 10.1. The van der Waals surface area contributed by atoms with Crippen molar-refractivity contribution in [1.82, 2.24) is 19.6 Å². The van der Waals surface area contributed by atoms with Gasteiger partial charge in [0.1, 0.15) is 11.3 Å². The Kier molecular flexibility index (Phi) is 7.42. The van der Waals surface area contributed by atoms with Gasteiger partial charge in [-0.15, -0.1) is 0 Å². The molecule has 1 saturated heterocycles. The average molecular weight is 479 g/mol. The van der Waals surface area contributed by atoms with E-state index in [1.807, 2.05) is 24.4 Å². The predicted molar refractivity (Wildman–Crippen MR) is 118 cm³/mol. The van der Waals surface area contributed by atoms with E-state index < -0.39 is 18.1 Å². The Hall–Kier alpha value is -3.64. The lowest BCUT2D eigenvalue weighted by Gasteiger charge is -2.32. The predicted octanol–water partition coefficient (Wildman–Crippen LogP) is 2.21. The number of fused-ring (bicyclic) bond motifs is 1. The Morgan fingerprint density at radius 2 is 1.76 bits per heavy atom. The van der Waals surface area contributed by atoms with Gasteiger partial charge in [0.25, 0.3) is 5.91 Å². The molecule has 0 saturated carbocycles. The van der Waals surface area contributed by atoms with Gasteiger partial charge < -0.3 is 20.8 Å². The van der Waals surface area contributed by atoms with Crippen LogP contribution in [0, 0.1) is 0 Å². The molecule has 34 heavy (non-hydrogen) atoms. The van der Waals surface area contributed by atoms with Crippen LogP contribution in [-0.2, 0) is 11.3 Å². The Balaban J connectivity index is 0.000000406. The first-order valence-electron chi connectivity index (χ1n) is 10.3. The number of carboxylic acid groups (broad SMARTS) is 1. The maximum Gasteiger partial charge on any atom is 0.490 e. The van der Waals surface area contributed by atoms with Gasteiger partial charge in [0.05, 0.1) is 11.3 Å². The fourth-order valence-corrected chi connectivity index (χ4v) is 3.45. The van der Waals surface area contributed by atoms with Crippen molar-refractivity contribution in [2.45, 2.75) is 12.7 Å². The molecule has 182 valence electrons. The Morgan fingerprint density at radius 3 is 2.32 bits per heavy atom. The molecule has 0 radical (unpaired) electrons. The maximum absolute atomic E-state index is 11.6. The smallest absolute Gasteiger partial charge is 0.490 e. The summed E-state index contributed by atoms with van der Waals surface area (Å²) in [5.41, 5.74) is 8.02. The molecule has 1 aliphatic rings. The highest BCUT2D eigenvalue weighted by Gasteiger charge is 2.38. The highest BCUT2D eigenvalue weighted by Crippen LogP contribution is 2.25. The summed E-state index contributed by atoms with van der Waals surface area (Å²) in [6.07, 6.45) is -3.25. The highest BCUT2D eigenvalue weighted by molar-refractivity contribution is 6.04. The van der Waals surface area contributed by atoms with E-state index in [4.69, 9.17) is 15.6 Å². The van der Waals surface area contributed by atoms with Crippen molar-refractivity contribution in [3.05, 3.63) is 53.7 Å². The molecule has 0 spiro atoms. The number of aromatic nitrogens is 2. The molecule has 0 bridgehead atoms. The van der Waals surface area contributed by atoms with Crippen molar-refractivity contribution < 1.29 is 33.0 Å². The summed E-state index contributed by atoms with van der Waals surface area (Å²) in [6, 6.07) is 10.9. The van der Waals surface area contributed by atoms with Gasteiger partial charge in [-0.3, -0.25) is 9.69 Å². The van der Waals surface area contributed by atoms with Crippen molar-refractivity contribution in [2.24, 2.45) is 5.73 Å². The van der Waals surface area contributed by atoms with Crippen LogP contribution in [0.4, 0.5) is 13.2 Å². The van der Waals surface area contributed by atoms with Crippen molar-refractivity contribution in [3.8, 4) is 11.4 Å². The van der Waals surface area contributed by atoms with Gasteiger partial charge in [0, 0.05) is 55.9 Å². The van der Waals surface area contributed by atoms with Crippen molar-refractivity contribution in [1.29, 1.82) is 0 Å². The molecule has 0 atom stereocenters. The first-order chi connectivity index (χ1) is 16.0. The number of nitrogens with zero attached hydrogens (tertiary/aromatic N) is 4. The van der Waals surface area contributed by atoms with Crippen molar-refractivity contribution in [2.75, 3.05) is 33.2 Å². The number of hydrogen-bond acceptors (Lipinski definition) is 6. The van der Waals surface area contributed by atoms with E-state index in [1.54, 1.807) is 22.9 Å². The van der Waals surface area contributed by atoms with Crippen molar-refractivity contribution in [3.63, 3.8) is 0 Å². The quantitative estimate of drug-likeness (QED) is 0.524. The van der Waals surface area contributed by atoms with E-state index in [-0.39, 0.29) is 5.75 Å². The van der Waals surface area contributed by atoms with E-state index >= 15 is 0 Å². The number of benzene rings is 2. The molecular weight excluding hydrogens is 455 g/mol. The fourth-order valence-electron chi connectivity index (χ4n) is 3.45. The van der Waals surface area contributed by atoms with Gasteiger partial charge >= 0.3 is 12.1 Å². The summed E-state index contributed by atoms with van der Waals surface area (Å²) in [5, 5.41) is 22.9. The van der Waals surface area contributed by atoms with Gasteiger partial charge in [-0.1, -0.05) is 18.2 Å². The largest absolute Gasteiger partial charge is 0.508 e. The number of halogens is 3. The zero-order valence-electron chi connectivity index (χ0n) is 18.3. The standard InChI is InChI=1S/C20H23N5O2.C2HF3O2/c1-23-7-9-24(10-8-23)12-14-5-6-16(11-18(14)26)25-13-15-3-2-4-17(20(21)27)19(15)22-25;3-2(4,5)1(6)7/h2-6,11,13,26H,7-10,12H2,1H3,(H2,21,27);(H,6,7). The van der Waals surface area contributed by atoms with Gasteiger partial charge in [-0.05, 0) is 19.2 Å². The number of hydrogen-bond donors (Lipinski definition) is 3. The van der Waals surface area contributed by atoms with Crippen LogP contribution in [0.25, 0.3) is 16.6 Å². The molecule has 2 aromatic carbocycles. The molecule has 4 N–H and O–H groups in total. The Morgan fingerprint density at radius 1 is 1.12 bits per heavy atom. The van der Waals surface area contributed by atoms with E-state index in [9.17, 15) is 23.1 Å². The minimum atomic E-state index is -5.08. The molecule has 1 amide bonds. The van der Waals surface area contributed by atoms with E-state index in [1.165, 1.54) is 0 Å². The first kappa shape index (κ1) is 25.0. The number of primary amides is 1. The summed E-state index contributed by atoms with van der Waals surface area (Å²) < 4.78 is 33.4. The molecule has 1 aliphatic heterocycles. The summed E-state index contributed by atoms with van der Waals surface area (Å²) in [5.74, 6) is -3.01. The minimum absolute atomic E-state index is 0.251. The summed E-state index contributed by atoms with van der Waals surface area (Å²) in [7, 11) is 2.13. The Labute approximate surface area is 192 Å². The molecule has 0 unspecified atom stereocenters. The van der Waals surface area contributed by atoms with Gasteiger partial charge in [0.15, 0.2) is 0 Å². The molecule has 3 aromatic rings. The van der Waals surface area contributed by atoms with Crippen LogP contribution < -0.4 is 5.73 Å². The van der Waals surface area contributed by atoms with Crippen LogP contribution in [0.5, 0.6) is 5.75 Å². The van der Waals surface area contributed by atoms with Crippen molar-refractivity contribution >= 4 is 22.8 Å². The number of carbonyl (C=O) groups excluding carboxylic acids is 1. The van der Waals surface area contributed by atoms with E-state index in [2.05, 4.69) is 21.9 Å². The van der Waals surface area contributed by atoms with E-state index in [0.29, 0.717) is 11.1 Å². The summed E-state index contributed by atoms with van der Waals surface area (Å²) in [6.45, 7) is 4.81. The van der Waals surface area contributed by atoms with Crippen LogP contribution in [0.3, 0.4) is 0 Å². The summed E-state index contributed by atoms with van der Waals surface area (Å²) >= 11 is 0. The molecule has 12 heteroatoms. The number of piperazine rings is 1. The van der Waals surface area contributed by atoms with Crippen LogP contribution in [-0.4, -0.2) is 81.1 Å². The number of aliphatic carboxylic acids is 1. The highest BCUT2D eigenvalue weighted by atomic mass is 19.4. The number of rotatable bonds is 4. The first-order valence-corrected chi connectivity index (χ1v) is 10.3. The number of carbonyl (C=O) groups is 2. The third-order valence-corrected chi connectivity index (χ3v) is 5.37. The zero-order valence-corrected chi connectivity index (χ0v) is 18.3. The number of carboxylic acids is 1. The summed E-state index contributed by atoms with van der Waals surface area (Å²) in [4.78, 5) is 25.1. The second-order valence-corrected chi connectivity index (χ2v) is 7.88. The van der Waals surface area contributed by atoms with Gasteiger partial charge in [0.2, 0.25) is 0 Å². The van der Waals surface area contributed by atoms with Gasteiger partial charge in [-0.25, -0.2) is 9.48 Å². The van der Waals surface area contributed by atoms with Crippen LogP contribution in [0.15, 0.2) is 42.6 Å². The van der Waals surface area contributed by atoms with Crippen LogP contribution in [0.1, 0.15) is 15.9 Å². The topological polar surface area (TPSA) is 125 Å². The molecule has 1 aromatic heterocycles. The molecule has 2 heterocycles. The molecule has 1 fully saturated rings. The lowest BCUT2D eigenvalue weighted by molar-refractivity contribution is -0.192. The molecule has 9 nitrogen and oxygen atoms in total. The van der Waals surface area contributed by atoms with Crippen LogP contribution in [0.2, 0.25) is 0 Å². The zero-order chi connectivity index (χ0) is 25.0. The monoisotopic (exact) mass is 479 g/mol. The second-order valence-electron chi connectivity index (χ2n) is 7.88. The Bertz CT molecular complexity index is 1190. The van der Waals surface area contributed by atoms with E-state index in [0.717, 1.165) is 49.4 Å². The number of aromatic hydroxyl groups is 1. The van der Waals surface area contributed by atoms with Gasteiger partial charge in [-0.2, -0.15) is 18.3 Å². The third kappa shape index (κ3) is 6.02. The normalized spacial score (nSPS) is 15.1. The third-order valence-electron chi connectivity index (χ3n) is 5.37. The average Bonchev–Trinajstić information content (AvgIpc) is 3.20. The number of amides is 1. The number of phenols is 1. The second kappa shape index (κ2) is 10.1. The fraction of sp³-hybridized carbons (Fsp3) is 0.318. The SMILES string of the molecule is CN1CCN(Cc2ccc(-n3cc4cccc(C(N)=O)c4n3)cc2O)CC1.O=C(O)C(F)(F)F. The molecule has 4 rings (SSSR count). The molecular formula is C22H24F3N5O4. The minimum Gasteiger partial charge on any atom is -0.508 e. The number of alkyl halides is 3. The number of nitrogens with two attached hydrogens (primary N) is 1. The lowest BCUT2D eigenvalue weighted by Crippen LogP contribution is -2.43. The number of phenolic OH excluding ortho intramolecular Hbond substituents is 1. The van der Waals surface area contributed by atoms with Crippen LogP contribution >= 0.6 is 0 Å². The molecule has 0 aliphatic carbocycles. The number of likely N-dealkylation sites (N-methyl/N-ethyl adjacent to an activating group) is 1. The maximum atomic E-state index is 11.6.